The minimum absolute atomic E-state index is 0.00580. The van der Waals surface area contributed by atoms with E-state index in [0.717, 1.165) is 43.8 Å². The lowest BCUT2D eigenvalue weighted by molar-refractivity contribution is 0.0383. The molecule has 0 bridgehead atoms. The van der Waals surface area contributed by atoms with Gasteiger partial charge in [-0.15, -0.1) is 5.10 Å². The third-order valence-corrected chi connectivity index (χ3v) is 5.38. The number of aromatic nitrogens is 3. The summed E-state index contributed by atoms with van der Waals surface area (Å²) in [5.74, 6) is -0.232. The minimum atomic E-state index is -0.500. The van der Waals surface area contributed by atoms with Crippen LogP contribution in [0.3, 0.4) is 0 Å². The van der Waals surface area contributed by atoms with Crippen LogP contribution >= 0.6 is 11.6 Å². The van der Waals surface area contributed by atoms with Crippen LogP contribution in [0.25, 0.3) is 10.9 Å². The molecule has 1 aliphatic rings. The van der Waals surface area contributed by atoms with Crippen LogP contribution < -0.4 is 10.6 Å². The molecule has 3 N–H and O–H groups in total. The summed E-state index contributed by atoms with van der Waals surface area (Å²) in [7, 11) is 0. The van der Waals surface area contributed by atoms with E-state index in [-0.39, 0.29) is 10.9 Å². The van der Waals surface area contributed by atoms with Crippen molar-refractivity contribution in [1.82, 2.24) is 25.4 Å². The molecule has 1 amide bonds. The standard InChI is InChI=1S/C20H22ClFN6O2/c1-12-17-16(11-24-27-19(17)25-13-2-3-15(22)14(21)10-13)26-18(12)20(29)23-4-5-28-6-8-30-9-7-28/h2-3,10-11,26H,4-9H2,1H3,(H,23,29)(H,25,27). The van der Waals surface area contributed by atoms with Crippen molar-refractivity contribution >= 4 is 39.9 Å². The SMILES string of the molecule is Cc1c(C(=O)NCCN2CCOCC2)[nH]c2cnnc(Nc3ccc(F)c(Cl)c3)c12. The Kier molecular flexibility index (Phi) is 6.12. The Balaban J connectivity index is 1.50. The number of morpholine rings is 1. The lowest BCUT2D eigenvalue weighted by Crippen LogP contribution is -2.41. The number of H-pyrrole nitrogens is 1. The number of aryl methyl sites for hydroxylation is 1. The summed E-state index contributed by atoms with van der Waals surface area (Å²) in [4.78, 5) is 18.1. The molecule has 0 radical (unpaired) electrons. The number of nitrogens with one attached hydrogen (secondary N) is 3. The van der Waals surface area contributed by atoms with Gasteiger partial charge in [0.2, 0.25) is 0 Å². The van der Waals surface area contributed by atoms with Gasteiger partial charge in [0.15, 0.2) is 5.82 Å². The number of benzene rings is 1. The highest BCUT2D eigenvalue weighted by Crippen LogP contribution is 2.29. The van der Waals surface area contributed by atoms with Gasteiger partial charge in [-0.25, -0.2) is 4.39 Å². The molecular formula is C20H22ClFN6O2. The van der Waals surface area contributed by atoms with Crippen LogP contribution in [0.4, 0.5) is 15.9 Å². The van der Waals surface area contributed by atoms with Crippen molar-refractivity contribution in [1.29, 1.82) is 0 Å². The first-order chi connectivity index (χ1) is 14.5. The molecule has 2 aromatic heterocycles. The number of carbonyl (C=O) groups is 1. The van der Waals surface area contributed by atoms with E-state index >= 15 is 0 Å². The Morgan fingerprint density at radius 1 is 1.37 bits per heavy atom. The number of ether oxygens (including phenoxy) is 1. The van der Waals surface area contributed by atoms with Crippen molar-refractivity contribution in [3.63, 3.8) is 0 Å². The van der Waals surface area contributed by atoms with Gasteiger partial charge in [0.25, 0.3) is 5.91 Å². The summed E-state index contributed by atoms with van der Waals surface area (Å²) in [6, 6.07) is 4.30. The third kappa shape index (κ3) is 4.38. The molecule has 0 unspecified atom stereocenters. The highest BCUT2D eigenvalue weighted by atomic mass is 35.5. The van der Waals surface area contributed by atoms with Gasteiger partial charge in [-0.3, -0.25) is 9.69 Å². The van der Waals surface area contributed by atoms with E-state index in [9.17, 15) is 9.18 Å². The van der Waals surface area contributed by atoms with Crippen molar-refractivity contribution in [3.8, 4) is 0 Å². The maximum Gasteiger partial charge on any atom is 0.268 e. The molecule has 1 saturated heterocycles. The van der Waals surface area contributed by atoms with Gasteiger partial charge >= 0.3 is 0 Å². The van der Waals surface area contributed by atoms with Crippen molar-refractivity contribution in [2.75, 3.05) is 44.7 Å². The number of carbonyl (C=O) groups excluding carboxylic acids is 1. The van der Waals surface area contributed by atoms with E-state index in [2.05, 4.69) is 30.7 Å². The Labute approximate surface area is 177 Å². The van der Waals surface area contributed by atoms with Gasteiger partial charge in [-0.2, -0.15) is 5.10 Å². The van der Waals surface area contributed by atoms with E-state index in [1.807, 2.05) is 6.92 Å². The first-order valence-corrected chi connectivity index (χ1v) is 10.0. The molecule has 30 heavy (non-hydrogen) atoms. The molecule has 4 rings (SSSR count). The van der Waals surface area contributed by atoms with Crippen LogP contribution in [0.15, 0.2) is 24.4 Å². The number of hydrogen-bond donors (Lipinski definition) is 3. The average Bonchev–Trinajstić information content (AvgIpc) is 3.09. The predicted molar refractivity (Wildman–Crippen MR) is 113 cm³/mol. The maximum atomic E-state index is 13.4. The average molecular weight is 433 g/mol. The number of rotatable bonds is 6. The van der Waals surface area contributed by atoms with Crippen LogP contribution in [0.1, 0.15) is 16.1 Å². The highest BCUT2D eigenvalue weighted by Gasteiger charge is 2.19. The largest absolute Gasteiger partial charge is 0.379 e. The van der Waals surface area contributed by atoms with E-state index in [4.69, 9.17) is 16.3 Å². The lowest BCUT2D eigenvalue weighted by Gasteiger charge is -2.26. The molecule has 1 aliphatic heterocycles. The number of anilines is 2. The van der Waals surface area contributed by atoms with Crippen molar-refractivity contribution in [2.24, 2.45) is 0 Å². The second-order valence-electron chi connectivity index (χ2n) is 7.07. The molecule has 0 saturated carbocycles. The van der Waals surface area contributed by atoms with Crippen LogP contribution in [0.2, 0.25) is 5.02 Å². The zero-order valence-corrected chi connectivity index (χ0v) is 17.2. The van der Waals surface area contributed by atoms with Crippen LogP contribution in [0, 0.1) is 12.7 Å². The van der Waals surface area contributed by atoms with Gasteiger partial charge < -0.3 is 20.4 Å². The topological polar surface area (TPSA) is 95.2 Å². The molecule has 0 aliphatic carbocycles. The normalized spacial score (nSPS) is 14.8. The van der Waals surface area contributed by atoms with Crippen LogP contribution in [-0.2, 0) is 4.74 Å². The molecule has 1 aromatic carbocycles. The predicted octanol–water partition coefficient (Wildman–Crippen LogP) is 2.86. The summed E-state index contributed by atoms with van der Waals surface area (Å²) < 4.78 is 18.8. The number of amides is 1. The van der Waals surface area contributed by atoms with Gasteiger partial charge in [0, 0.05) is 37.3 Å². The van der Waals surface area contributed by atoms with Gasteiger partial charge in [0.05, 0.1) is 29.9 Å². The van der Waals surface area contributed by atoms with Gasteiger partial charge in [-0.05, 0) is 30.7 Å². The quantitative estimate of drug-likeness (QED) is 0.554. The molecule has 0 atom stereocenters. The Bertz CT molecular complexity index is 1070. The molecule has 158 valence electrons. The number of hydrogen-bond acceptors (Lipinski definition) is 6. The van der Waals surface area contributed by atoms with E-state index in [0.29, 0.717) is 29.3 Å². The van der Waals surface area contributed by atoms with Crippen molar-refractivity contribution in [3.05, 3.63) is 46.5 Å². The van der Waals surface area contributed by atoms with Gasteiger partial charge in [0.1, 0.15) is 11.5 Å². The molecule has 10 heteroatoms. The fraction of sp³-hybridized carbons (Fsp3) is 0.350. The number of aromatic amines is 1. The minimum Gasteiger partial charge on any atom is -0.379 e. The van der Waals surface area contributed by atoms with E-state index in [1.54, 1.807) is 12.3 Å². The van der Waals surface area contributed by atoms with Crippen molar-refractivity contribution < 1.29 is 13.9 Å². The molecule has 0 spiro atoms. The first-order valence-electron chi connectivity index (χ1n) is 9.67. The summed E-state index contributed by atoms with van der Waals surface area (Å²) in [6.45, 7) is 6.37. The molecule has 1 fully saturated rings. The lowest BCUT2D eigenvalue weighted by atomic mass is 10.1. The number of fused-ring (bicyclic) bond motifs is 1. The zero-order chi connectivity index (χ0) is 21.1. The van der Waals surface area contributed by atoms with Crippen LogP contribution in [0.5, 0.6) is 0 Å². The first kappa shape index (κ1) is 20.5. The zero-order valence-electron chi connectivity index (χ0n) is 16.5. The highest BCUT2D eigenvalue weighted by molar-refractivity contribution is 6.31. The Hall–Kier alpha value is -2.75. The number of nitrogens with zero attached hydrogens (tertiary/aromatic N) is 3. The second-order valence-corrected chi connectivity index (χ2v) is 7.48. The van der Waals surface area contributed by atoms with Gasteiger partial charge in [-0.1, -0.05) is 11.6 Å². The Morgan fingerprint density at radius 2 is 2.17 bits per heavy atom. The molecular weight excluding hydrogens is 411 g/mol. The molecule has 3 aromatic rings. The summed E-state index contributed by atoms with van der Waals surface area (Å²) in [5.41, 5.74) is 2.46. The van der Waals surface area contributed by atoms with Crippen molar-refractivity contribution in [2.45, 2.75) is 6.92 Å². The molecule has 8 nitrogen and oxygen atoms in total. The summed E-state index contributed by atoms with van der Waals surface area (Å²) in [5, 5.41) is 14.9. The molecule has 3 heterocycles. The number of halogens is 2. The fourth-order valence-corrected chi connectivity index (χ4v) is 3.66. The summed E-state index contributed by atoms with van der Waals surface area (Å²) >= 11 is 5.86. The third-order valence-electron chi connectivity index (χ3n) is 5.09. The monoisotopic (exact) mass is 432 g/mol. The maximum absolute atomic E-state index is 13.4. The second kappa shape index (κ2) is 8.95. The smallest absolute Gasteiger partial charge is 0.268 e. The fourth-order valence-electron chi connectivity index (χ4n) is 3.48. The Morgan fingerprint density at radius 3 is 2.93 bits per heavy atom. The summed E-state index contributed by atoms with van der Waals surface area (Å²) in [6.07, 6.45) is 1.57. The van der Waals surface area contributed by atoms with Crippen LogP contribution in [-0.4, -0.2) is 65.4 Å². The van der Waals surface area contributed by atoms with E-state index < -0.39 is 5.82 Å². The van der Waals surface area contributed by atoms with E-state index in [1.165, 1.54) is 12.1 Å².